The van der Waals surface area contributed by atoms with Crippen LogP contribution in [0, 0.1) is 6.92 Å². The summed E-state index contributed by atoms with van der Waals surface area (Å²) < 4.78 is 0.907. The number of rotatable bonds is 3. The van der Waals surface area contributed by atoms with Crippen LogP contribution in [0.15, 0.2) is 16.6 Å². The number of halogens is 1. The van der Waals surface area contributed by atoms with Crippen molar-refractivity contribution in [1.29, 1.82) is 0 Å². The van der Waals surface area contributed by atoms with Gasteiger partial charge in [0.1, 0.15) is 0 Å². The Morgan fingerprint density at radius 1 is 1.32 bits per heavy atom. The molecule has 4 heteroatoms. The fourth-order valence-electron chi connectivity index (χ4n) is 2.95. The van der Waals surface area contributed by atoms with Gasteiger partial charge in [-0.3, -0.25) is 4.79 Å². The Balaban J connectivity index is 2.35. The summed E-state index contributed by atoms with van der Waals surface area (Å²) in [5, 5.41) is 0. The lowest BCUT2D eigenvalue weighted by Gasteiger charge is -2.34. The first-order valence-corrected chi connectivity index (χ1v) is 7.62. The van der Waals surface area contributed by atoms with Crippen LogP contribution in [0.1, 0.15) is 48.0 Å². The number of hydrogen-bond donors (Lipinski definition) is 1. The molecule has 0 aromatic heterocycles. The number of nitrogens with two attached hydrogens (primary N) is 1. The van der Waals surface area contributed by atoms with Crippen LogP contribution >= 0.6 is 15.9 Å². The Kier molecular flexibility index (Phi) is 4.50. The van der Waals surface area contributed by atoms with Gasteiger partial charge in [-0.25, -0.2) is 0 Å². The second kappa shape index (κ2) is 5.95. The zero-order chi connectivity index (χ0) is 14.0. The van der Waals surface area contributed by atoms with E-state index in [0.717, 1.165) is 15.7 Å². The normalized spacial score (nSPS) is 16.4. The maximum absolute atomic E-state index is 11.5. The highest BCUT2D eigenvalue weighted by Gasteiger charge is 2.21. The third-order valence-corrected chi connectivity index (χ3v) is 4.57. The van der Waals surface area contributed by atoms with Crippen molar-refractivity contribution in [1.82, 2.24) is 0 Å². The lowest BCUT2D eigenvalue weighted by Crippen LogP contribution is -2.34. The molecule has 19 heavy (non-hydrogen) atoms. The molecule has 2 N–H and O–H groups in total. The molecule has 1 amide bonds. The van der Waals surface area contributed by atoms with Gasteiger partial charge in [0.2, 0.25) is 5.91 Å². The van der Waals surface area contributed by atoms with E-state index in [4.69, 9.17) is 5.73 Å². The van der Waals surface area contributed by atoms with Crippen molar-refractivity contribution in [2.45, 2.75) is 45.1 Å². The van der Waals surface area contributed by atoms with Gasteiger partial charge >= 0.3 is 0 Å². The van der Waals surface area contributed by atoms with Crippen LogP contribution in [-0.2, 0) is 0 Å². The minimum absolute atomic E-state index is 0.364. The molecule has 1 saturated carbocycles. The molecular weight excluding hydrogens is 304 g/mol. The van der Waals surface area contributed by atoms with Crippen molar-refractivity contribution >= 4 is 27.5 Å². The summed E-state index contributed by atoms with van der Waals surface area (Å²) in [7, 11) is 2.12. The first kappa shape index (κ1) is 14.4. The molecule has 1 fully saturated rings. The fraction of sp³-hybridized carbons (Fsp3) is 0.533. The highest BCUT2D eigenvalue weighted by atomic mass is 79.9. The summed E-state index contributed by atoms with van der Waals surface area (Å²) in [5.41, 5.74) is 8.14. The highest BCUT2D eigenvalue weighted by Crippen LogP contribution is 2.32. The van der Waals surface area contributed by atoms with E-state index in [9.17, 15) is 4.79 Å². The zero-order valence-electron chi connectivity index (χ0n) is 11.6. The Labute approximate surface area is 123 Å². The maximum Gasteiger partial charge on any atom is 0.249 e. The predicted octanol–water partition coefficient (Wildman–Crippen LogP) is 3.63. The Morgan fingerprint density at radius 2 is 1.95 bits per heavy atom. The summed E-state index contributed by atoms with van der Waals surface area (Å²) in [6.45, 7) is 1.97. The van der Waals surface area contributed by atoms with E-state index in [-0.39, 0.29) is 5.91 Å². The standard InChI is InChI=1S/C15H21BrN2O/c1-10-13(15(17)19)8-11(16)9-14(10)18(2)12-6-4-3-5-7-12/h8-9,12H,3-7H2,1-2H3,(H2,17,19). The minimum atomic E-state index is -0.364. The average molecular weight is 325 g/mol. The molecule has 1 aromatic rings. The molecule has 2 rings (SSSR count). The first-order valence-electron chi connectivity index (χ1n) is 6.83. The molecule has 0 unspecified atom stereocenters. The fourth-order valence-corrected chi connectivity index (χ4v) is 3.40. The Morgan fingerprint density at radius 3 is 2.53 bits per heavy atom. The van der Waals surface area contributed by atoms with Crippen LogP contribution in [-0.4, -0.2) is 19.0 Å². The largest absolute Gasteiger partial charge is 0.371 e. The molecule has 1 aromatic carbocycles. The van der Waals surface area contributed by atoms with Gasteiger partial charge in [0.15, 0.2) is 0 Å². The Bertz CT molecular complexity index is 481. The zero-order valence-corrected chi connectivity index (χ0v) is 13.2. The lowest BCUT2D eigenvalue weighted by atomic mass is 9.93. The van der Waals surface area contributed by atoms with E-state index in [1.54, 1.807) is 6.07 Å². The lowest BCUT2D eigenvalue weighted by molar-refractivity contribution is 0.0999. The summed E-state index contributed by atoms with van der Waals surface area (Å²) >= 11 is 3.47. The molecule has 0 heterocycles. The molecule has 104 valence electrons. The molecule has 0 atom stereocenters. The van der Waals surface area contributed by atoms with Crippen LogP contribution in [0.3, 0.4) is 0 Å². The van der Waals surface area contributed by atoms with Gasteiger partial charge in [-0.15, -0.1) is 0 Å². The number of hydrogen-bond acceptors (Lipinski definition) is 2. The highest BCUT2D eigenvalue weighted by molar-refractivity contribution is 9.10. The van der Waals surface area contributed by atoms with E-state index >= 15 is 0 Å². The SMILES string of the molecule is Cc1c(C(N)=O)cc(Br)cc1N(C)C1CCCCC1. The van der Waals surface area contributed by atoms with Crippen molar-refractivity contribution in [3.63, 3.8) is 0 Å². The number of nitrogens with zero attached hydrogens (tertiary/aromatic N) is 1. The van der Waals surface area contributed by atoms with Crippen molar-refractivity contribution < 1.29 is 4.79 Å². The average Bonchev–Trinajstić information content (AvgIpc) is 2.41. The number of benzene rings is 1. The molecular formula is C15H21BrN2O. The van der Waals surface area contributed by atoms with Crippen LogP contribution in [0.4, 0.5) is 5.69 Å². The quantitative estimate of drug-likeness (QED) is 0.922. The van der Waals surface area contributed by atoms with Crippen molar-refractivity contribution in [3.05, 3.63) is 27.7 Å². The van der Waals surface area contributed by atoms with Gasteiger partial charge in [-0.1, -0.05) is 35.2 Å². The van der Waals surface area contributed by atoms with Gasteiger partial charge in [-0.05, 0) is 37.5 Å². The van der Waals surface area contributed by atoms with Gasteiger partial charge in [0.05, 0.1) is 0 Å². The molecule has 1 aliphatic carbocycles. The molecule has 0 spiro atoms. The van der Waals surface area contributed by atoms with Gasteiger partial charge in [0.25, 0.3) is 0 Å². The third kappa shape index (κ3) is 3.11. The molecule has 0 bridgehead atoms. The smallest absolute Gasteiger partial charge is 0.249 e. The Hall–Kier alpha value is -1.03. The van der Waals surface area contributed by atoms with Crippen LogP contribution in [0.5, 0.6) is 0 Å². The second-order valence-corrected chi connectivity index (χ2v) is 6.28. The number of carbonyl (C=O) groups excluding carboxylic acids is 1. The van der Waals surface area contributed by atoms with Crippen LogP contribution in [0.2, 0.25) is 0 Å². The molecule has 3 nitrogen and oxygen atoms in total. The number of carbonyl (C=O) groups is 1. The van der Waals surface area contributed by atoms with E-state index in [1.165, 1.54) is 32.1 Å². The van der Waals surface area contributed by atoms with Gasteiger partial charge in [-0.2, -0.15) is 0 Å². The van der Waals surface area contributed by atoms with Crippen molar-refractivity contribution in [2.75, 3.05) is 11.9 Å². The second-order valence-electron chi connectivity index (χ2n) is 5.36. The summed E-state index contributed by atoms with van der Waals surface area (Å²) in [6.07, 6.45) is 6.40. The maximum atomic E-state index is 11.5. The molecule has 1 aliphatic rings. The van der Waals surface area contributed by atoms with Gasteiger partial charge < -0.3 is 10.6 Å². The topological polar surface area (TPSA) is 46.3 Å². The summed E-state index contributed by atoms with van der Waals surface area (Å²) in [4.78, 5) is 13.8. The number of amides is 1. The van der Waals surface area contributed by atoms with Crippen LogP contribution in [0.25, 0.3) is 0 Å². The molecule has 0 radical (unpaired) electrons. The van der Waals surface area contributed by atoms with E-state index in [0.29, 0.717) is 11.6 Å². The summed E-state index contributed by atoms with van der Waals surface area (Å²) in [6, 6.07) is 4.45. The third-order valence-electron chi connectivity index (χ3n) is 4.11. The first-order chi connectivity index (χ1) is 9.00. The predicted molar refractivity (Wildman–Crippen MR) is 82.7 cm³/mol. The monoisotopic (exact) mass is 324 g/mol. The van der Waals surface area contributed by atoms with Crippen LogP contribution < -0.4 is 10.6 Å². The minimum Gasteiger partial charge on any atom is -0.371 e. The van der Waals surface area contributed by atoms with Crippen molar-refractivity contribution in [2.24, 2.45) is 5.73 Å². The molecule has 0 saturated heterocycles. The molecule has 0 aliphatic heterocycles. The van der Waals surface area contributed by atoms with E-state index in [1.807, 2.05) is 6.92 Å². The van der Waals surface area contributed by atoms with Crippen molar-refractivity contribution in [3.8, 4) is 0 Å². The van der Waals surface area contributed by atoms with Gasteiger partial charge in [0, 0.05) is 28.8 Å². The van der Waals surface area contributed by atoms with E-state index in [2.05, 4.69) is 33.9 Å². The number of primary amides is 1. The number of anilines is 1. The van der Waals surface area contributed by atoms with E-state index < -0.39 is 0 Å². The summed E-state index contributed by atoms with van der Waals surface area (Å²) in [5.74, 6) is -0.364.